The van der Waals surface area contributed by atoms with Crippen molar-refractivity contribution in [2.45, 2.75) is 6.92 Å². The second kappa shape index (κ2) is 8.19. The Labute approximate surface area is 137 Å². The first-order chi connectivity index (χ1) is 10.7. The van der Waals surface area contributed by atoms with Crippen LogP contribution in [0.5, 0.6) is 5.75 Å². The maximum atomic E-state index is 11.6. The van der Waals surface area contributed by atoms with E-state index in [1.165, 1.54) is 0 Å². The first kappa shape index (κ1) is 16.0. The SMILES string of the molecule is CCOc1ccc(/C=N/NC(=O)Nc2ccccc2)cc1Br. The number of hydrazone groups is 1. The molecule has 0 saturated carbocycles. The molecule has 0 unspecified atom stereocenters. The van der Waals surface area contributed by atoms with E-state index in [1.807, 2.05) is 43.3 Å². The molecule has 0 aliphatic heterocycles. The summed E-state index contributed by atoms with van der Waals surface area (Å²) in [5.74, 6) is 0.773. The molecule has 0 radical (unpaired) electrons. The van der Waals surface area contributed by atoms with E-state index in [0.717, 1.165) is 15.8 Å². The molecular formula is C16H16BrN3O2. The quantitative estimate of drug-likeness (QED) is 0.624. The van der Waals surface area contributed by atoms with Gasteiger partial charge in [0.2, 0.25) is 0 Å². The Hall–Kier alpha value is -2.34. The smallest absolute Gasteiger partial charge is 0.339 e. The lowest BCUT2D eigenvalue weighted by Gasteiger charge is -2.06. The number of benzene rings is 2. The monoisotopic (exact) mass is 361 g/mol. The average Bonchev–Trinajstić information content (AvgIpc) is 2.51. The largest absolute Gasteiger partial charge is 0.493 e. The first-order valence-corrected chi connectivity index (χ1v) is 7.56. The maximum Gasteiger partial charge on any atom is 0.339 e. The van der Waals surface area contributed by atoms with Gasteiger partial charge in [0.15, 0.2) is 0 Å². The van der Waals surface area contributed by atoms with E-state index in [1.54, 1.807) is 18.3 Å². The number of nitrogens with zero attached hydrogens (tertiary/aromatic N) is 1. The molecule has 2 rings (SSSR count). The van der Waals surface area contributed by atoms with Crippen molar-refractivity contribution in [2.75, 3.05) is 11.9 Å². The molecule has 6 heteroatoms. The summed E-state index contributed by atoms with van der Waals surface area (Å²) in [7, 11) is 0. The van der Waals surface area contributed by atoms with Gasteiger partial charge in [-0.25, -0.2) is 10.2 Å². The topological polar surface area (TPSA) is 62.7 Å². The van der Waals surface area contributed by atoms with Crippen LogP contribution in [0.15, 0.2) is 58.1 Å². The number of hydrogen-bond donors (Lipinski definition) is 2. The first-order valence-electron chi connectivity index (χ1n) is 6.76. The molecule has 0 aliphatic rings. The molecule has 0 aromatic heterocycles. The van der Waals surface area contributed by atoms with Gasteiger partial charge in [-0.1, -0.05) is 18.2 Å². The molecule has 0 aliphatic carbocycles. The Morgan fingerprint density at radius 3 is 2.73 bits per heavy atom. The molecular weight excluding hydrogens is 346 g/mol. The Morgan fingerprint density at radius 1 is 1.27 bits per heavy atom. The van der Waals surface area contributed by atoms with Gasteiger partial charge in [0.05, 0.1) is 17.3 Å². The van der Waals surface area contributed by atoms with Crippen molar-refractivity contribution in [1.29, 1.82) is 0 Å². The minimum atomic E-state index is -0.396. The lowest BCUT2D eigenvalue weighted by atomic mass is 10.2. The van der Waals surface area contributed by atoms with Gasteiger partial charge in [-0.05, 0) is 58.7 Å². The van der Waals surface area contributed by atoms with Crippen molar-refractivity contribution in [3.63, 3.8) is 0 Å². The molecule has 2 aromatic carbocycles. The molecule has 22 heavy (non-hydrogen) atoms. The van der Waals surface area contributed by atoms with Gasteiger partial charge in [0.25, 0.3) is 0 Å². The van der Waals surface area contributed by atoms with E-state index < -0.39 is 6.03 Å². The van der Waals surface area contributed by atoms with E-state index in [0.29, 0.717) is 12.3 Å². The van der Waals surface area contributed by atoms with Crippen molar-refractivity contribution in [3.05, 3.63) is 58.6 Å². The van der Waals surface area contributed by atoms with E-state index in [-0.39, 0.29) is 0 Å². The van der Waals surface area contributed by atoms with Crippen LogP contribution in [0.4, 0.5) is 10.5 Å². The zero-order valence-corrected chi connectivity index (χ0v) is 13.6. The number of rotatable bonds is 5. The second-order valence-corrected chi connectivity index (χ2v) is 5.17. The summed E-state index contributed by atoms with van der Waals surface area (Å²) in [4.78, 5) is 11.6. The van der Waals surface area contributed by atoms with Crippen molar-refractivity contribution >= 4 is 33.9 Å². The number of carbonyl (C=O) groups is 1. The molecule has 114 valence electrons. The fraction of sp³-hybridized carbons (Fsp3) is 0.125. The van der Waals surface area contributed by atoms with Crippen LogP contribution >= 0.6 is 15.9 Å². The third-order valence-corrected chi connectivity index (χ3v) is 3.29. The van der Waals surface area contributed by atoms with Crippen LogP contribution in [-0.4, -0.2) is 18.9 Å². The normalized spacial score (nSPS) is 10.5. The van der Waals surface area contributed by atoms with Crippen LogP contribution in [-0.2, 0) is 0 Å². The number of urea groups is 1. The highest BCUT2D eigenvalue weighted by Gasteiger charge is 2.01. The number of anilines is 1. The van der Waals surface area contributed by atoms with Gasteiger partial charge in [-0.2, -0.15) is 5.10 Å². The minimum absolute atomic E-state index is 0.396. The summed E-state index contributed by atoms with van der Waals surface area (Å²) >= 11 is 3.43. The van der Waals surface area contributed by atoms with Crippen LogP contribution in [0.3, 0.4) is 0 Å². The molecule has 0 heterocycles. The van der Waals surface area contributed by atoms with Crippen LogP contribution in [0.1, 0.15) is 12.5 Å². The standard InChI is InChI=1S/C16H16BrN3O2/c1-2-22-15-9-8-12(10-14(15)17)11-18-20-16(21)19-13-6-4-3-5-7-13/h3-11H,2H2,1H3,(H2,19,20,21)/b18-11+. The highest BCUT2D eigenvalue weighted by atomic mass is 79.9. The van der Waals surface area contributed by atoms with Crippen LogP contribution in [0.25, 0.3) is 0 Å². The number of carbonyl (C=O) groups excluding carboxylic acids is 1. The third kappa shape index (κ3) is 4.89. The molecule has 2 amide bonds. The number of hydrogen-bond acceptors (Lipinski definition) is 3. The highest BCUT2D eigenvalue weighted by molar-refractivity contribution is 9.10. The van der Waals surface area contributed by atoms with Crippen LogP contribution in [0, 0.1) is 0 Å². The average molecular weight is 362 g/mol. The lowest BCUT2D eigenvalue weighted by molar-refractivity contribution is 0.252. The summed E-state index contributed by atoms with van der Waals surface area (Å²) in [6.07, 6.45) is 1.56. The fourth-order valence-corrected chi connectivity index (χ4v) is 2.23. The Kier molecular flexibility index (Phi) is 5.97. The van der Waals surface area contributed by atoms with E-state index in [2.05, 4.69) is 31.8 Å². The minimum Gasteiger partial charge on any atom is -0.493 e. The van der Waals surface area contributed by atoms with Crippen molar-refractivity contribution in [2.24, 2.45) is 5.10 Å². The third-order valence-electron chi connectivity index (χ3n) is 2.67. The number of para-hydroxylation sites is 1. The van der Waals surface area contributed by atoms with E-state index in [4.69, 9.17) is 4.74 Å². The molecule has 2 aromatic rings. The molecule has 0 fully saturated rings. The number of ether oxygens (including phenoxy) is 1. The van der Waals surface area contributed by atoms with Gasteiger partial charge in [-0.15, -0.1) is 0 Å². The Balaban J connectivity index is 1.89. The lowest BCUT2D eigenvalue weighted by Crippen LogP contribution is -2.24. The summed E-state index contributed by atoms with van der Waals surface area (Å²) in [6, 6.07) is 14.3. The molecule has 0 spiro atoms. The highest BCUT2D eigenvalue weighted by Crippen LogP contribution is 2.25. The van der Waals surface area contributed by atoms with Crippen molar-refractivity contribution in [1.82, 2.24) is 5.43 Å². The Bertz CT molecular complexity index is 660. The summed E-state index contributed by atoms with van der Waals surface area (Å²) < 4.78 is 6.27. The zero-order valence-electron chi connectivity index (χ0n) is 12.0. The molecule has 0 bridgehead atoms. The molecule has 0 atom stereocenters. The summed E-state index contributed by atoms with van der Waals surface area (Å²) in [5, 5.41) is 6.58. The van der Waals surface area contributed by atoms with Crippen molar-refractivity contribution in [3.8, 4) is 5.75 Å². The van der Waals surface area contributed by atoms with Crippen molar-refractivity contribution < 1.29 is 9.53 Å². The van der Waals surface area contributed by atoms with Gasteiger partial charge in [0.1, 0.15) is 5.75 Å². The zero-order chi connectivity index (χ0) is 15.8. The van der Waals surface area contributed by atoms with E-state index in [9.17, 15) is 4.79 Å². The maximum absolute atomic E-state index is 11.6. The second-order valence-electron chi connectivity index (χ2n) is 4.31. The van der Waals surface area contributed by atoms with Crippen LogP contribution in [0.2, 0.25) is 0 Å². The Morgan fingerprint density at radius 2 is 2.05 bits per heavy atom. The van der Waals surface area contributed by atoms with Crippen LogP contribution < -0.4 is 15.5 Å². The molecule has 2 N–H and O–H groups in total. The number of nitrogens with one attached hydrogen (secondary N) is 2. The van der Waals surface area contributed by atoms with Gasteiger partial charge >= 0.3 is 6.03 Å². The fourth-order valence-electron chi connectivity index (χ4n) is 1.72. The van der Waals surface area contributed by atoms with Gasteiger partial charge < -0.3 is 10.1 Å². The molecule has 5 nitrogen and oxygen atoms in total. The van der Waals surface area contributed by atoms with E-state index >= 15 is 0 Å². The molecule has 0 saturated heterocycles. The van der Waals surface area contributed by atoms with Gasteiger partial charge in [0, 0.05) is 5.69 Å². The predicted molar refractivity (Wildman–Crippen MR) is 91.5 cm³/mol. The predicted octanol–water partition coefficient (Wildman–Crippen LogP) is 4.00. The summed E-state index contributed by atoms with van der Waals surface area (Å²) in [5.41, 5.74) is 3.96. The van der Waals surface area contributed by atoms with Gasteiger partial charge in [-0.3, -0.25) is 0 Å². The summed E-state index contributed by atoms with van der Waals surface area (Å²) in [6.45, 7) is 2.53. The number of amides is 2. The number of halogens is 1.